The molecule has 0 saturated carbocycles. The Labute approximate surface area is 208 Å². The molecule has 0 fully saturated rings. The van der Waals surface area contributed by atoms with E-state index in [4.69, 9.17) is 42.1 Å². The molecular weight excluding hydrogens is 479 g/mol. The first kappa shape index (κ1) is 25.2. The van der Waals surface area contributed by atoms with Gasteiger partial charge in [-0.25, -0.2) is 5.43 Å². The standard InChI is InChI=1S/C25H24Cl2N2O5/c1-4-33-24-10-16(6-8-23(24)34-15-17-5-7-21(26)22(27)9-17)14-28-29-25(30)18-11-19(31-2)13-20(12-18)32-3/h5-14H,4,15H2,1-3H3,(H,29,30)/b28-14-. The highest BCUT2D eigenvalue weighted by Crippen LogP contribution is 2.30. The normalized spacial score (nSPS) is 10.7. The minimum Gasteiger partial charge on any atom is -0.497 e. The maximum absolute atomic E-state index is 12.5. The minimum atomic E-state index is -0.403. The summed E-state index contributed by atoms with van der Waals surface area (Å²) in [5.74, 6) is 1.73. The SMILES string of the molecule is CCOc1cc(/C=N\NC(=O)c2cc(OC)cc(OC)c2)ccc1OCc1ccc(Cl)c(Cl)c1. The van der Waals surface area contributed by atoms with Crippen molar-refractivity contribution in [3.63, 3.8) is 0 Å². The Bertz CT molecular complexity index is 1160. The maximum atomic E-state index is 12.5. The summed E-state index contributed by atoms with van der Waals surface area (Å²) in [4.78, 5) is 12.5. The molecule has 0 unspecified atom stereocenters. The number of hydrazone groups is 1. The fourth-order valence-electron chi connectivity index (χ4n) is 2.95. The summed E-state index contributed by atoms with van der Waals surface area (Å²) < 4.78 is 22.0. The maximum Gasteiger partial charge on any atom is 0.271 e. The highest BCUT2D eigenvalue weighted by molar-refractivity contribution is 6.42. The van der Waals surface area contributed by atoms with Crippen LogP contribution in [-0.4, -0.2) is 32.9 Å². The lowest BCUT2D eigenvalue weighted by atomic mass is 10.2. The second-order valence-corrected chi connectivity index (χ2v) is 7.79. The number of methoxy groups -OCH3 is 2. The molecule has 0 heterocycles. The van der Waals surface area contributed by atoms with Gasteiger partial charge in [0.2, 0.25) is 0 Å². The van der Waals surface area contributed by atoms with Crippen molar-refractivity contribution >= 4 is 35.3 Å². The van der Waals surface area contributed by atoms with Crippen LogP contribution in [0.1, 0.15) is 28.4 Å². The molecule has 0 aromatic heterocycles. The molecule has 0 atom stereocenters. The first-order chi connectivity index (χ1) is 16.4. The Balaban J connectivity index is 1.68. The quantitative estimate of drug-likeness (QED) is 0.282. The molecule has 0 spiro atoms. The number of hydrogen-bond donors (Lipinski definition) is 1. The molecule has 0 radical (unpaired) electrons. The molecule has 1 amide bonds. The van der Waals surface area contributed by atoms with Gasteiger partial charge in [-0.15, -0.1) is 0 Å². The molecule has 1 N–H and O–H groups in total. The number of rotatable bonds is 10. The van der Waals surface area contributed by atoms with Crippen molar-refractivity contribution in [2.24, 2.45) is 5.10 Å². The predicted molar refractivity (Wildman–Crippen MR) is 133 cm³/mol. The third-order valence-corrected chi connectivity index (χ3v) is 5.38. The molecule has 34 heavy (non-hydrogen) atoms. The van der Waals surface area contributed by atoms with Gasteiger partial charge >= 0.3 is 0 Å². The van der Waals surface area contributed by atoms with Crippen molar-refractivity contribution in [1.82, 2.24) is 5.43 Å². The second-order valence-electron chi connectivity index (χ2n) is 6.98. The Kier molecular flexibility index (Phi) is 9.01. The molecule has 0 aliphatic heterocycles. The van der Waals surface area contributed by atoms with Gasteiger partial charge in [-0.3, -0.25) is 4.79 Å². The van der Waals surface area contributed by atoms with E-state index in [-0.39, 0.29) is 0 Å². The monoisotopic (exact) mass is 502 g/mol. The molecule has 0 saturated heterocycles. The van der Waals surface area contributed by atoms with Crippen molar-refractivity contribution in [2.45, 2.75) is 13.5 Å². The van der Waals surface area contributed by atoms with Crippen LogP contribution >= 0.6 is 23.2 Å². The summed E-state index contributed by atoms with van der Waals surface area (Å²) in [6, 6.07) is 15.6. The number of ether oxygens (including phenoxy) is 4. The molecule has 9 heteroatoms. The fourth-order valence-corrected chi connectivity index (χ4v) is 3.27. The van der Waals surface area contributed by atoms with E-state index in [1.54, 1.807) is 48.5 Å². The molecule has 0 bridgehead atoms. The van der Waals surface area contributed by atoms with E-state index in [0.29, 0.717) is 57.4 Å². The molecule has 3 rings (SSSR count). The van der Waals surface area contributed by atoms with Gasteiger partial charge in [-0.2, -0.15) is 5.10 Å². The van der Waals surface area contributed by atoms with Gasteiger partial charge < -0.3 is 18.9 Å². The van der Waals surface area contributed by atoms with Gasteiger partial charge in [0.15, 0.2) is 11.5 Å². The largest absolute Gasteiger partial charge is 0.497 e. The Hall–Kier alpha value is -3.42. The van der Waals surface area contributed by atoms with Crippen LogP contribution in [0.5, 0.6) is 23.0 Å². The van der Waals surface area contributed by atoms with E-state index in [0.717, 1.165) is 5.56 Å². The lowest BCUT2D eigenvalue weighted by molar-refractivity contribution is 0.0954. The molecule has 178 valence electrons. The van der Waals surface area contributed by atoms with Crippen molar-refractivity contribution in [2.75, 3.05) is 20.8 Å². The van der Waals surface area contributed by atoms with Crippen LogP contribution in [0.3, 0.4) is 0 Å². The van der Waals surface area contributed by atoms with Crippen molar-refractivity contribution in [3.8, 4) is 23.0 Å². The number of amides is 1. The second kappa shape index (κ2) is 12.2. The summed E-state index contributed by atoms with van der Waals surface area (Å²) in [5, 5.41) is 5.00. The first-order valence-electron chi connectivity index (χ1n) is 10.3. The van der Waals surface area contributed by atoms with Crippen LogP contribution < -0.4 is 24.4 Å². The summed E-state index contributed by atoms with van der Waals surface area (Å²) in [7, 11) is 3.03. The van der Waals surface area contributed by atoms with Gasteiger partial charge in [-0.1, -0.05) is 29.3 Å². The highest BCUT2D eigenvalue weighted by Gasteiger charge is 2.10. The van der Waals surface area contributed by atoms with Crippen molar-refractivity contribution in [1.29, 1.82) is 0 Å². The minimum absolute atomic E-state index is 0.296. The number of carbonyl (C=O) groups is 1. The lowest BCUT2D eigenvalue weighted by Gasteiger charge is -2.13. The van der Waals surface area contributed by atoms with Gasteiger partial charge in [0, 0.05) is 11.6 Å². The molecule has 0 aliphatic carbocycles. The van der Waals surface area contributed by atoms with Gasteiger partial charge in [0.1, 0.15) is 18.1 Å². The molecule has 3 aromatic carbocycles. The van der Waals surface area contributed by atoms with Crippen LogP contribution in [-0.2, 0) is 6.61 Å². The molecule has 0 aliphatic rings. The number of carbonyl (C=O) groups excluding carboxylic acids is 1. The Morgan fingerprint density at radius 2 is 1.65 bits per heavy atom. The Morgan fingerprint density at radius 1 is 0.912 bits per heavy atom. The third-order valence-electron chi connectivity index (χ3n) is 4.64. The highest BCUT2D eigenvalue weighted by atomic mass is 35.5. The van der Waals surface area contributed by atoms with E-state index < -0.39 is 5.91 Å². The number of halogens is 2. The van der Waals surface area contributed by atoms with Crippen LogP contribution in [0, 0.1) is 0 Å². The predicted octanol–water partition coefficient (Wildman–Crippen LogP) is 5.75. The fraction of sp³-hybridized carbons (Fsp3) is 0.200. The first-order valence-corrected chi connectivity index (χ1v) is 11.1. The number of benzene rings is 3. The van der Waals surface area contributed by atoms with E-state index in [9.17, 15) is 4.79 Å². The van der Waals surface area contributed by atoms with E-state index in [1.807, 2.05) is 13.0 Å². The molecule has 7 nitrogen and oxygen atoms in total. The van der Waals surface area contributed by atoms with Crippen LogP contribution in [0.4, 0.5) is 0 Å². The molecular formula is C25H24Cl2N2O5. The summed E-state index contributed by atoms with van der Waals surface area (Å²) in [6.07, 6.45) is 1.51. The van der Waals surface area contributed by atoms with Gasteiger partial charge in [-0.05, 0) is 60.5 Å². The van der Waals surface area contributed by atoms with Gasteiger partial charge in [0.25, 0.3) is 5.91 Å². The average Bonchev–Trinajstić information content (AvgIpc) is 2.85. The zero-order valence-electron chi connectivity index (χ0n) is 18.9. The van der Waals surface area contributed by atoms with Crippen LogP contribution in [0.2, 0.25) is 10.0 Å². The number of nitrogens with zero attached hydrogens (tertiary/aromatic N) is 1. The zero-order chi connectivity index (χ0) is 24.5. The number of hydrogen-bond acceptors (Lipinski definition) is 6. The number of nitrogens with one attached hydrogen (secondary N) is 1. The van der Waals surface area contributed by atoms with E-state index in [1.165, 1.54) is 20.4 Å². The summed E-state index contributed by atoms with van der Waals surface area (Å²) in [6.45, 7) is 2.63. The van der Waals surface area contributed by atoms with Crippen LogP contribution in [0.25, 0.3) is 0 Å². The van der Waals surface area contributed by atoms with Crippen molar-refractivity contribution < 1.29 is 23.7 Å². The van der Waals surface area contributed by atoms with Crippen molar-refractivity contribution in [3.05, 3.63) is 81.3 Å². The topological polar surface area (TPSA) is 78.4 Å². The van der Waals surface area contributed by atoms with E-state index in [2.05, 4.69) is 10.5 Å². The molecule has 3 aromatic rings. The lowest BCUT2D eigenvalue weighted by Crippen LogP contribution is -2.17. The zero-order valence-corrected chi connectivity index (χ0v) is 20.4. The van der Waals surface area contributed by atoms with Gasteiger partial charge in [0.05, 0.1) is 37.1 Å². The van der Waals surface area contributed by atoms with Crippen LogP contribution in [0.15, 0.2) is 59.7 Å². The average molecular weight is 503 g/mol. The smallest absolute Gasteiger partial charge is 0.271 e. The van der Waals surface area contributed by atoms with E-state index >= 15 is 0 Å². The summed E-state index contributed by atoms with van der Waals surface area (Å²) in [5.41, 5.74) is 4.44. The summed E-state index contributed by atoms with van der Waals surface area (Å²) >= 11 is 12.0. The Morgan fingerprint density at radius 3 is 2.29 bits per heavy atom. The third kappa shape index (κ3) is 6.79.